The molecule has 0 unspecified atom stereocenters. The number of fused-ring (bicyclic) bond motifs is 1. The SMILES string of the molecule is Clc1cnc2c(c1)c(I)nn2C(c1ccccc1)(c1ccccc1)c1ccccc1. The summed E-state index contributed by atoms with van der Waals surface area (Å²) in [5.74, 6) is 0. The van der Waals surface area contributed by atoms with Crippen molar-refractivity contribution >= 4 is 45.2 Å². The maximum absolute atomic E-state index is 6.26. The van der Waals surface area contributed by atoms with Crippen molar-refractivity contribution in [1.82, 2.24) is 14.8 Å². The third kappa shape index (κ3) is 3.02. The minimum Gasteiger partial charge on any atom is -0.235 e. The molecular weight excluding hydrogens is 505 g/mol. The van der Waals surface area contributed by atoms with E-state index in [2.05, 4.69) is 95.4 Å². The molecule has 2 aromatic heterocycles. The van der Waals surface area contributed by atoms with Crippen molar-refractivity contribution in [2.24, 2.45) is 0 Å². The van der Waals surface area contributed by atoms with Crippen LogP contribution in [0.25, 0.3) is 11.0 Å². The molecule has 3 nitrogen and oxygen atoms in total. The Morgan fingerprint density at radius 1 is 0.733 bits per heavy atom. The molecular formula is C25H17ClIN3. The largest absolute Gasteiger partial charge is 0.235 e. The Hall–Kier alpha value is -2.70. The van der Waals surface area contributed by atoms with Crippen LogP contribution in [0.1, 0.15) is 16.7 Å². The molecule has 0 spiro atoms. The number of nitrogens with zero attached hydrogens (tertiary/aromatic N) is 3. The second kappa shape index (κ2) is 7.85. The van der Waals surface area contributed by atoms with E-state index in [1.165, 1.54) is 0 Å². The van der Waals surface area contributed by atoms with Crippen LogP contribution in [0.15, 0.2) is 103 Å². The zero-order chi connectivity index (χ0) is 20.6. The Bertz CT molecular complexity index is 1210. The third-order valence-corrected chi connectivity index (χ3v) is 6.34. The minimum atomic E-state index is -0.688. The van der Waals surface area contributed by atoms with Gasteiger partial charge in [-0.3, -0.25) is 0 Å². The molecule has 5 heteroatoms. The smallest absolute Gasteiger partial charge is 0.160 e. The average molecular weight is 522 g/mol. The lowest BCUT2D eigenvalue weighted by Crippen LogP contribution is -2.38. The van der Waals surface area contributed by atoms with Crippen LogP contribution in [0.5, 0.6) is 0 Å². The monoisotopic (exact) mass is 521 g/mol. The molecule has 146 valence electrons. The van der Waals surface area contributed by atoms with Crippen LogP contribution in [0.4, 0.5) is 0 Å². The molecule has 3 aromatic carbocycles. The Labute approximate surface area is 193 Å². The molecule has 0 saturated heterocycles. The zero-order valence-corrected chi connectivity index (χ0v) is 18.8. The first kappa shape index (κ1) is 19.3. The number of pyridine rings is 1. The van der Waals surface area contributed by atoms with Gasteiger partial charge in [-0.2, -0.15) is 5.10 Å². The molecule has 0 aliphatic rings. The van der Waals surface area contributed by atoms with Gasteiger partial charge in [0.25, 0.3) is 0 Å². The van der Waals surface area contributed by atoms with Gasteiger partial charge in [-0.25, -0.2) is 9.67 Å². The molecule has 0 bridgehead atoms. The van der Waals surface area contributed by atoms with E-state index in [-0.39, 0.29) is 0 Å². The highest BCUT2D eigenvalue weighted by Gasteiger charge is 2.41. The molecule has 0 radical (unpaired) electrons. The van der Waals surface area contributed by atoms with Crippen molar-refractivity contribution in [3.8, 4) is 0 Å². The molecule has 0 aliphatic carbocycles. The van der Waals surface area contributed by atoms with Crippen LogP contribution in [0, 0.1) is 3.70 Å². The Morgan fingerprint density at radius 2 is 1.20 bits per heavy atom. The summed E-state index contributed by atoms with van der Waals surface area (Å²) in [5, 5.41) is 6.56. The summed E-state index contributed by atoms with van der Waals surface area (Å²) in [4.78, 5) is 4.71. The second-order valence-corrected chi connectivity index (χ2v) is 8.49. The molecule has 0 aliphatic heterocycles. The summed E-state index contributed by atoms with van der Waals surface area (Å²) >= 11 is 8.53. The highest BCUT2D eigenvalue weighted by Crippen LogP contribution is 2.42. The van der Waals surface area contributed by atoms with Crippen molar-refractivity contribution in [2.75, 3.05) is 0 Å². The molecule has 5 aromatic rings. The molecule has 0 atom stereocenters. The summed E-state index contributed by atoms with van der Waals surface area (Å²) in [6.07, 6.45) is 1.68. The molecule has 30 heavy (non-hydrogen) atoms. The van der Waals surface area contributed by atoms with Gasteiger partial charge in [0.15, 0.2) is 5.65 Å². The summed E-state index contributed by atoms with van der Waals surface area (Å²) < 4.78 is 2.91. The van der Waals surface area contributed by atoms with Crippen molar-refractivity contribution in [1.29, 1.82) is 0 Å². The Morgan fingerprint density at radius 3 is 1.67 bits per heavy atom. The summed E-state index contributed by atoms with van der Waals surface area (Å²) in [7, 11) is 0. The van der Waals surface area contributed by atoms with Gasteiger partial charge < -0.3 is 0 Å². The van der Waals surface area contributed by atoms with Gasteiger partial charge in [-0.05, 0) is 45.3 Å². The summed E-state index contributed by atoms with van der Waals surface area (Å²) in [5.41, 5.74) is 3.44. The van der Waals surface area contributed by atoms with Gasteiger partial charge in [0.2, 0.25) is 0 Å². The van der Waals surface area contributed by atoms with Crippen LogP contribution in [0.2, 0.25) is 5.02 Å². The van der Waals surface area contributed by atoms with E-state index in [1.54, 1.807) is 6.20 Å². The van der Waals surface area contributed by atoms with Crippen molar-refractivity contribution in [2.45, 2.75) is 5.54 Å². The van der Waals surface area contributed by atoms with Crippen molar-refractivity contribution in [3.63, 3.8) is 0 Å². The summed E-state index contributed by atoms with van der Waals surface area (Å²) in [6.45, 7) is 0. The van der Waals surface area contributed by atoms with E-state index < -0.39 is 5.54 Å². The van der Waals surface area contributed by atoms with Gasteiger partial charge in [-0.15, -0.1) is 0 Å². The second-order valence-electron chi connectivity index (χ2n) is 7.04. The van der Waals surface area contributed by atoms with E-state index >= 15 is 0 Å². The van der Waals surface area contributed by atoms with Gasteiger partial charge in [0.1, 0.15) is 9.24 Å². The van der Waals surface area contributed by atoms with Gasteiger partial charge >= 0.3 is 0 Å². The first-order valence-corrected chi connectivity index (χ1v) is 11.0. The Kier molecular flexibility index (Phi) is 5.05. The number of aromatic nitrogens is 3. The number of hydrogen-bond donors (Lipinski definition) is 0. The topological polar surface area (TPSA) is 30.7 Å². The first-order valence-electron chi connectivity index (χ1n) is 9.58. The molecule has 0 N–H and O–H groups in total. The third-order valence-electron chi connectivity index (χ3n) is 5.34. The normalized spacial score (nSPS) is 11.7. The summed E-state index contributed by atoms with van der Waals surface area (Å²) in [6, 6.07) is 33.3. The van der Waals surface area contributed by atoms with Gasteiger partial charge in [0.05, 0.1) is 10.4 Å². The van der Waals surface area contributed by atoms with Crippen LogP contribution in [0.3, 0.4) is 0 Å². The van der Waals surface area contributed by atoms with Crippen molar-refractivity contribution in [3.05, 3.63) is 129 Å². The molecule has 0 amide bonds. The fraction of sp³-hybridized carbons (Fsp3) is 0.0400. The maximum atomic E-state index is 6.26. The molecule has 2 heterocycles. The zero-order valence-electron chi connectivity index (χ0n) is 15.9. The number of halogens is 2. The fourth-order valence-electron chi connectivity index (χ4n) is 4.08. The first-order chi connectivity index (χ1) is 14.7. The van der Waals surface area contributed by atoms with E-state index in [1.807, 2.05) is 28.9 Å². The molecule has 0 saturated carbocycles. The number of benzene rings is 3. The standard InChI is InChI=1S/C25H17ClIN3/c26-21-16-22-23(27)29-30(24(22)28-17-21)25(18-10-4-1-5-11-18,19-12-6-2-7-13-19)20-14-8-3-9-15-20/h1-17H. The predicted octanol–water partition coefficient (Wildman–Crippen LogP) is 6.53. The maximum Gasteiger partial charge on any atom is 0.160 e. The van der Waals surface area contributed by atoms with E-state index in [9.17, 15) is 0 Å². The van der Waals surface area contributed by atoms with E-state index in [0.717, 1.165) is 31.4 Å². The number of rotatable bonds is 4. The van der Waals surface area contributed by atoms with Crippen LogP contribution in [-0.4, -0.2) is 14.8 Å². The lowest BCUT2D eigenvalue weighted by Gasteiger charge is -2.36. The van der Waals surface area contributed by atoms with Crippen LogP contribution >= 0.6 is 34.2 Å². The molecule has 5 rings (SSSR count). The Balaban J connectivity index is 1.98. The van der Waals surface area contributed by atoms with Crippen molar-refractivity contribution < 1.29 is 0 Å². The fourth-order valence-corrected chi connectivity index (χ4v) is 4.85. The lowest BCUT2D eigenvalue weighted by atomic mass is 9.77. The quantitative estimate of drug-likeness (QED) is 0.199. The van der Waals surface area contributed by atoms with Crippen LogP contribution < -0.4 is 0 Å². The number of hydrogen-bond acceptors (Lipinski definition) is 2. The van der Waals surface area contributed by atoms with Crippen LogP contribution in [-0.2, 0) is 5.54 Å². The highest BCUT2D eigenvalue weighted by molar-refractivity contribution is 14.1. The average Bonchev–Trinajstić information content (AvgIpc) is 3.12. The molecule has 0 fully saturated rings. The van der Waals surface area contributed by atoms with E-state index in [4.69, 9.17) is 21.7 Å². The van der Waals surface area contributed by atoms with E-state index in [0.29, 0.717) is 5.02 Å². The minimum absolute atomic E-state index is 0.602. The van der Waals surface area contributed by atoms with Gasteiger partial charge in [0, 0.05) is 6.20 Å². The highest BCUT2D eigenvalue weighted by atomic mass is 127. The predicted molar refractivity (Wildman–Crippen MR) is 130 cm³/mol. The van der Waals surface area contributed by atoms with Gasteiger partial charge in [-0.1, -0.05) is 103 Å². The lowest BCUT2D eigenvalue weighted by molar-refractivity contribution is 0.470.